The number of hydrogen-bond acceptors (Lipinski definition) is 0. The van der Waals surface area contributed by atoms with Crippen molar-refractivity contribution < 1.29 is 0 Å². The van der Waals surface area contributed by atoms with Crippen molar-refractivity contribution in [3.63, 3.8) is 0 Å². The minimum atomic E-state index is 0.602. The molecule has 0 aromatic heterocycles. The number of hydrogen-bond donors (Lipinski definition) is 0. The van der Waals surface area contributed by atoms with E-state index in [2.05, 4.69) is 20.8 Å². The molecule has 0 heteroatoms. The summed E-state index contributed by atoms with van der Waals surface area (Å²) in [5, 5.41) is 0. The summed E-state index contributed by atoms with van der Waals surface area (Å²) in [7, 11) is 0. The summed E-state index contributed by atoms with van der Waals surface area (Å²) >= 11 is 0. The molecule has 0 aliphatic rings. The van der Waals surface area contributed by atoms with E-state index in [1.165, 1.54) is 19.3 Å². The standard InChI is InChI=1S/C10H19/c1-5-10(4)8-6-7-9(2)3/h1,9-10H,2,5-8H2,3-4H3. The molecule has 59 valence electrons. The van der Waals surface area contributed by atoms with Gasteiger partial charge in [0.15, 0.2) is 0 Å². The minimum absolute atomic E-state index is 0.602. The fourth-order valence-corrected chi connectivity index (χ4v) is 0.933. The molecule has 0 fully saturated rings. The molecule has 0 rings (SSSR count). The van der Waals surface area contributed by atoms with Crippen LogP contribution in [-0.4, -0.2) is 0 Å². The summed E-state index contributed by atoms with van der Waals surface area (Å²) in [6, 6.07) is 0. The van der Waals surface area contributed by atoms with E-state index >= 15 is 0 Å². The van der Waals surface area contributed by atoms with Crippen LogP contribution in [0.5, 0.6) is 0 Å². The second kappa shape index (κ2) is 5.76. The molecule has 2 atom stereocenters. The molecule has 0 bridgehead atoms. The third-order valence-electron chi connectivity index (χ3n) is 1.80. The van der Waals surface area contributed by atoms with E-state index in [9.17, 15) is 0 Å². The summed E-state index contributed by atoms with van der Waals surface area (Å²) in [5.74, 6) is 1.30. The van der Waals surface area contributed by atoms with Crippen LogP contribution >= 0.6 is 0 Å². The second-order valence-electron chi connectivity index (χ2n) is 3.38. The van der Waals surface area contributed by atoms with Crippen LogP contribution < -0.4 is 0 Å². The predicted octanol–water partition coefficient (Wildman–Crippen LogP) is 3.36. The lowest BCUT2D eigenvalue weighted by molar-refractivity contribution is 0.475. The van der Waals surface area contributed by atoms with Crippen molar-refractivity contribution in [3.05, 3.63) is 13.8 Å². The van der Waals surface area contributed by atoms with Crippen molar-refractivity contribution in [2.45, 2.75) is 39.5 Å². The Morgan fingerprint density at radius 2 is 1.90 bits per heavy atom. The van der Waals surface area contributed by atoms with Gasteiger partial charge in [0.25, 0.3) is 0 Å². The van der Waals surface area contributed by atoms with E-state index in [1.807, 2.05) is 0 Å². The third-order valence-corrected chi connectivity index (χ3v) is 1.80. The van der Waals surface area contributed by atoms with Crippen molar-refractivity contribution in [1.29, 1.82) is 0 Å². The summed E-state index contributed by atoms with van der Waals surface area (Å²) in [4.78, 5) is 0. The monoisotopic (exact) mass is 139 g/mol. The first kappa shape index (κ1) is 10.0. The molecule has 0 N–H and O–H groups in total. The zero-order valence-corrected chi connectivity index (χ0v) is 7.27. The Labute approximate surface area is 66.0 Å². The van der Waals surface area contributed by atoms with Gasteiger partial charge >= 0.3 is 0 Å². The van der Waals surface area contributed by atoms with Gasteiger partial charge < -0.3 is 0 Å². The van der Waals surface area contributed by atoms with Crippen LogP contribution in [0, 0.1) is 25.7 Å². The third kappa shape index (κ3) is 6.12. The van der Waals surface area contributed by atoms with Gasteiger partial charge in [-0.1, -0.05) is 40.0 Å². The van der Waals surface area contributed by atoms with Gasteiger partial charge in [-0.05, 0) is 25.2 Å². The van der Waals surface area contributed by atoms with Gasteiger partial charge in [0.1, 0.15) is 0 Å². The van der Waals surface area contributed by atoms with Crippen LogP contribution in [0.2, 0.25) is 0 Å². The molecule has 0 heterocycles. The molecule has 0 aliphatic carbocycles. The highest BCUT2D eigenvalue weighted by Crippen LogP contribution is 2.13. The van der Waals surface area contributed by atoms with Crippen molar-refractivity contribution in [2.24, 2.45) is 11.8 Å². The molecule has 0 aromatic carbocycles. The van der Waals surface area contributed by atoms with E-state index in [4.69, 9.17) is 6.92 Å². The molecule has 0 nitrogen and oxygen atoms in total. The van der Waals surface area contributed by atoms with Crippen molar-refractivity contribution in [1.82, 2.24) is 0 Å². The van der Waals surface area contributed by atoms with E-state index in [1.54, 1.807) is 0 Å². The molecular formula is C10H19. The first-order valence-corrected chi connectivity index (χ1v) is 4.20. The number of rotatable bonds is 5. The van der Waals surface area contributed by atoms with Gasteiger partial charge in [0, 0.05) is 0 Å². The van der Waals surface area contributed by atoms with E-state index < -0.39 is 0 Å². The molecule has 2 unspecified atom stereocenters. The van der Waals surface area contributed by atoms with E-state index in [-0.39, 0.29) is 0 Å². The van der Waals surface area contributed by atoms with Crippen LogP contribution in [0.15, 0.2) is 0 Å². The fraction of sp³-hybridized carbons (Fsp3) is 0.800. The largest absolute Gasteiger partial charge is 0.0625 e. The molecule has 0 aliphatic heterocycles. The van der Waals surface area contributed by atoms with Gasteiger partial charge in [0.05, 0.1) is 0 Å². The highest BCUT2D eigenvalue weighted by molar-refractivity contribution is 4.58. The maximum Gasteiger partial charge on any atom is -0.0349 e. The van der Waals surface area contributed by atoms with Crippen LogP contribution in [0.25, 0.3) is 0 Å². The zero-order valence-electron chi connectivity index (χ0n) is 7.27. The van der Waals surface area contributed by atoms with Gasteiger partial charge in [-0.15, -0.1) is 0 Å². The predicted molar refractivity (Wildman–Crippen MR) is 46.5 cm³/mol. The topological polar surface area (TPSA) is 0 Å². The highest BCUT2D eigenvalue weighted by atomic mass is 14.0. The molecular weight excluding hydrogens is 120 g/mol. The molecule has 3 radical (unpaired) electrons. The molecule has 0 spiro atoms. The van der Waals surface area contributed by atoms with Gasteiger partial charge in [0.2, 0.25) is 0 Å². The van der Waals surface area contributed by atoms with E-state index in [0.717, 1.165) is 6.42 Å². The summed E-state index contributed by atoms with van der Waals surface area (Å²) in [5.41, 5.74) is 0. The van der Waals surface area contributed by atoms with Crippen LogP contribution in [0.1, 0.15) is 39.5 Å². The van der Waals surface area contributed by atoms with Gasteiger partial charge in [-0.2, -0.15) is 0 Å². The lowest BCUT2D eigenvalue weighted by Gasteiger charge is -2.08. The van der Waals surface area contributed by atoms with Crippen LogP contribution in [0.4, 0.5) is 0 Å². The lowest BCUT2D eigenvalue weighted by Crippen LogP contribution is -1.94. The summed E-state index contributed by atoms with van der Waals surface area (Å²) < 4.78 is 0. The normalized spacial score (nSPS) is 14.1. The second-order valence-corrected chi connectivity index (χ2v) is 3.38. The SMILES string of the molecule is [CH]CC(C)CCCC([CH2])C. The Kier molecular flexibility index (Phi) is 5.76. The van der Waals surface area contributed by atoms with Crippen molar-refractivity contribution in [2.75, 3.05) is 0 Å². The first-order chi connectivity index (χ1) is 4.66. The van der Waals surface area contributed by atoms with Gasteiger partial charge in [-0.3, -0.25) is 0 Å². The quantitative estimate of drug-likeness (QED) is 0.548. The maximum absolute atomic E-state index is 5.47. The Morgan fingerprint density at radius 3 is 2.30 bits per heavy atom. The average Bonchev–Trinajstić information content (AvgIpc) is 1.87. The molecule has 0 saturated heterocycles. The lowest BCUT2D eigenvalue weighted by atomic mass is 9.98. The van der Waals surface area contributed by atoms with E-state index in [0.29, 0.717) is 11.8 Å². The minimum Gasteiger partial charge on any atom is -0.0625 e. The first-order valence-electron chi connectivity index (χ1n) is 4.20. The van der Waals surface area contributed by atoms with Crippen LogP contribution in [0.3, 0.4) is 0 Å². The Hall–Kier alpha value is 0. The molecule has 0 aromatic rings. The van der Waals surface area contributed by atoms with Crippen molar-refractivity contribution >= 4 is 0 Å². The Bertz CT molecular complexity index is 64.4. The molecule has 0 saturated carbocycles. The Morgan fingerprint density at radius 1 is 1.30 bits per heavy atom. The fourth-order valence-electron chi connectivity index (χ4n) is 0.933. The average molecular weight is 139 g/mol. The van der Waals surface area contributed by atoms with Crippen molar-refractivity contribution in [3.8, 4) is 0 Å². The zero-order chi connectivity index (χ0) is 7.98. The highest BCUT2D eigenvalue weighted by Gasteiger charge is 1.99. The maximum atomic E-state index is 5.47. The van der Waals surface area contributed by atoms with Gasteiger partial charge in [-0.25, -0.2) is 0 Å². The summed E-state index contributed by atoms with van der Waals surface area (Å²) in [6.07, 6.45) is 4.61. The van der Waals surface area contributed by atoms with Crippen LogP contribution in [-0.2, 0) is 0 Å². The summed E-state index contributed by atoms with van der Waals surface area (Å²) in [6.45, 7) is 13.8. The molecule has 0 amide bonds. The Balaban J connectivity index is 3.03. The molecule has 10 heavy (non-hydrogen) atoms. The smallest absolute Gasteiger partial charge is 0.0349 e.